The number of amides is 2. The second-order valence-electron chi connectivity index (χ2n) is 7.43. The summed E-state index contributed by atoms with van der Waals surface area (Å²) in [6, 6.07) is 0.0662. The topological polar surface area (TPSA) is 90.7 Å². The lowest BCUT2D eigenvalue weighted by atomic mass is 9.96. The lowest BCUT2D eigenvalue weighted by Crippen LogP contribution is -2.54. The molecule has 29 heavy (non-hydrogen) atoms. The van der Waals surface area contributed by atoms with Crippen LogP contribution in [0, 0.1) is 0 Å². The second-order valence-corrected chi connectivity index (χ2v) is 7.43. The van der Waals surface area contributed by atoms with Crippen LogP contribution in [-0.4, -0.2) is 81.2 Å². The zero-order valence-corrected chi connectivity index (χ0v) is 16.9. The van der Waals surface area contributed by atoms with Gasteiger partial charge in [0.25, 0.3) is 0 Å². The zero-order chi connectivity index (χ0) is 21.8. The Morgan fingerprint density at radius 1 is 1.28 bits per heavy atom. The normalized spacial score (nSPS) is 18.9. The van der Waals surface area contributed by atoms with Crippen molar-refractivity contribution in [2.24, 2.45) is 7.05 Å². The second kappa shape index (κ2) is 9.12. The van der Waals surface area contributed by atoms with Crippen LogP contribution in [0.5, 0.6) is 0 Å². The van der Waals surface area contributed by atoms with Crippen LogP contribution < -0.4 is 5.32 Å². The van der Waals surface area contributed by atoms with Gasteiger partial charge in [-0.1, -0.05) is 6.92 Å². The van der Waals surface area contributed by atoms with Gasteiger partial charge in [0.1, 0.15) is 0 Å². The molecule has 2 heterocycles. The maximum atomic E-state index is 13.6. The van der Waals surface area contributed by atoms with Gasteiger partial charge in [-0.05, 0) is 13.3 Å². The standard InChI is InChI=1S/C18H28F3N5O3/c1-4-13(2)23-14(27)12-25-7-9-26(10-8-25)15(28)11-17(29,18(19,20)21)16-22-5-6-24(16)3/h5-6,13,29H,4,7-12H2,1-3H3,(H,23,27). The van der Waals surface area contributed by atoms with Gasteiger partial charge in [0.05, 0.1) is 13.0 Å². The first-order valence-electron chi connectivity index (χ1n) is 9.54. The van der Waals surface area contributed by atoms with Crippen LogP contribution in [0.4, 0.5) is 13.2 Å². The molecular formula is C18H28F3N5O3. The molecule has 0 aromatic carbocycles. The Hall–Kier alpha value is -2.14. The first-order chi connectivity index (χ1) is 13.5. The van der Waals surface area contributed by atoms with E-state index < -0.39 is 29.9 Å². The van der Waals surface area contributed by atoms with Crippen LogP contribution in [0.2, 0.25) is 0 Å². The number of aliphatic hydroxyl groups is 1. The molecule has 1 aliphatic rings. The molecule has 1 aromatic rings. The van der Waals surface area contributed by atoms with E-state index in [1.54, 1.807) is 0 Å². The van der Waals surface area contributed by atoms with Crippen LogP contribution in [0.1, 0.15) is 32.5 Å². The van der Waals surface area contributed by atoms with Gasteiger partial charge >= 0.3 is 6.18 Å². The number of piperazine rings is 1. The van der Waals surface area contributed by atoms with E-state index in [0.29, 0.717) is 13.1 Å². The zero-order valence-electron chi connectivity index (χ0n) is 16.9. The maximum absolute atomic E-state index is 13.6. The molecule has 0 saturated carbocycles. The highest BCUT2D eigenvalue weighted by atomic mass is 19.4. The molecule has 1 saturated heterocycles. The van der Waals surface area contributed by atoms with E-state index in [-0.39, 0.29) is 31.6 Å². The summed E-state index contributed by atoms with van der Waals surface area (Å²) >= 11 is 0. The number of hydrogen-bond donors (Lipinski definition) is 2. The molecule has 1 aliphatic heterocycles. The predicted molar refractivity (Wildman–Crippen MR) is 98.7 cm³/mol. The van der Waals surface area contributed by atoms with E-state index in [1.165, 1.54) is 18.1 Å². The minimum absolute atomic E-state index is 0.0662. The maximum Gasteiger partial charge on any atom is 0.425 e. The lowest BCUT2D eigenvalue weighted by molar-refractivity contribution is -0.272. The van der Waals surface area contributed by atoms with Gasteiger partial charge in [0.15, 0.2) is 5.82 Å². The SMILES string of the molecule is CCC(C)NC(=O)CN1CCN(C(=O)CC(O)(c2nccn2C)C(F)(F)F)CC1. The van der Waals surface area contributed by atoms with Crippen LogP contribution in [-0.2, 0) is 22.2 Å². The molecule has 0 aliphatic carbocycles. The molecular weight excluding hydrogens is 391 g/mol. The largest absolute Gasteiger partial charge is 0.425 e. The van der Waals surface area contributed by atoms with Crippen molar-refractivity contribution in [2.45, 2.75) is 44.5 Å². The molecule has 2 atom stereocenters. The van der Waals surface area contributed by atoms with E-state index in [4.69, 9.17) is 0 Å². The van der Waals surface area contributed by atoms with Gasteiger partial charge < -0.3 is 19.9 Å². The van der Waals surface area contributed by atoms with Gasteiger partial charge in [-0.25, -0.2) is 4.98 Å². The Balaban J connectivity index is 1.96. The minimum atomic E-state index is -5.06. The number of nitrogens with one attached hydrogen (secondary N) is 1. The quantitative estimate of drug-likeness (QED) is 0.676. The summed E-state index contributed by atoms with van der Waals surface area (Å²) in [6.07, 6.45) is -2.97. The summed E-state index contributed by atoms with van der Waals surface area (Å²) < 4.78 is 41.8. The Labute approximate surface area is 167 Å². The van der Waals surface area contributed by atoms with Crippen molar-refractivity contribution in [1.82, 2.24) is 24.7 Å². The highest BCUT2D eigenvalue weighted by Gasteiger charge is 2.59. The number of carbonyl (C=O) groups excluding carboxylic acids is 2. The van der Waals surface area contributed by atoms with Gasteiger partial charge in [-0.15, -0.1) is 0 Å². The predicted octanol–water partition coefficient (Wildman–Crippen LogP) is 0.619. The Kier molecular flexibility index (Phi) is 7.28. The van der Waals surface area contributed by atoms with E-state index in [1.807, 2.05) is 18.7 Å². The first-order valence-corrected chi connectivity index (χ1v) is 9.54. The number of carbonyl (C=O) groups is 2. The molecule has 2 unspecified atom stereocenters. The third kappa shape index (κ3) is 5.47. The van der Waals surface area contributed by atoms with Crippen LogP contribution in [0.15, 0.2) is 12.4 Å². The Bertz CT molecular complexity index is 716. The number of halogens is 3. The van der Waals surface area contributed by atoms with Crippen LogP contribution >= 0.6 is 0 Å². The molecule has 164 valence electrons. The first kappa shape index (κ1) is 23.1. The fraction of sp³-hybridized carbons (Fsp3) is 0.722. The molecule has 0 bridgehead atoms. The van der Waals surface area contributed by atoms with Gasteiger partial charge in [-0.2, -0.15) is 13.2 Å². The van der Waals surface area contributed by atoms with Gasteiger partial charge in [-0.3, -0.25) is 14.5 Å². The molecule has 2 amide bonds. The van der Waals surface area contributed by atoms with Crippen molar-refractivity contribution in [3.05, 3.63) is 18.2 Å². The highest BCUT2D eigenvalue weighted by Crippen LogP contribution is 2.41. The van der Waals surface area contributed by atoms with Crippen molar-refractivity contribution in [1.29, 1.82) is 0 Å². The number of hydrogen-bond acceptors (Lipinski definition) is 5. The summed E-state index contributed by atoms with van der Waals surface area (Å²) in [5.41, 5.74) is -3.37. The number of nitrogens with zero attached hydrogens (tertiary/aromatic N) is 4. The average Bonchev–Trinajstić information content (AvgIpc) is 3.07. The van der Waals surface area contributed by atoms with Crippen molar-refractivity contribution in [3.8, 4) is 0 Å². The van der Waals surface area contributed by atoms with Gasteiger partial charge in [0, 0.05) is 51.7 Å². The number of imidazole rings is 1. The molecule has 2 N–H and O–H groups in total. The van der Waals surface area contributed by atoms with Crippen molar-refractivity contribution >= 4 is 11.8 Å². The molecule has 0 radical (unpaired) electrons. The number of aromatic nitrogens is 2. The smallest absolute Gasteiger partial charge is 0.374 e. The molecule has 1 aromatic heterocycles. The van der Waals surface area contributed by atoms with E-state index in [0.717, 1.165) is 17.2 Å². The van der Waals surface area contributed by atoms with Gasteiger partial charge in [0.2, 0.25) is 17.4 Å². The van der Waals surface area contributed by atoms with Crippen molar-refractivity contribution in [3.63, 3.8) is 0 Å². The third-order valence-corrected chi connectivity index (χ3v) is 5.18. The number of rotatable bonds is 7. The molecule has 8 nitrogen and oxygen atoms in total. The van der Waals surface area contributed by atoms with Crippen LogP contribution in [0.3, 0.4) is 0 Å². The fourth-order valence-corrected chi connectivity index (χ4v) is 3.18. The molecule has 1 fully saturated rings. The Morgan fingerprint density at radius 3 is 2.38 bits per heavy atom. The van der Waals surface area contributed by atoms with Crippen molar-refractivity contribution in [2.75, 3.05) is 32.7 Å². The monoisotopic (exact) mass is 419 g/mol. The van der Waals surface area contributed by atoms with Crippen molar-refractivity contribution < 1.29 is 27.9 Å². The Morgan fingerprint density at radius 2 is 1.90 bits per heavy atom. The third-order valence-electron chi connectivity index (χ3n) is 5.18. The summed E-state index contributed by atoms with van der Waals surface area (Å²) in [4.78, 5) is 31.2. The van der Waals surface area contributed by atoms with E-state index >= 15 is 0 Å². The average molecular weight is 419 g/mol. The summed E-state index contributed by atoms with van der Waals surface area (Å²) in [5.74, 6) is -1.56. The number of aryl methyl sites for hydroxylation is 1. The summed E-state index contributed by atoms with van der Waals surface area (Å²) in [7, 11) is 1.33. The van der Waals surface area contributed by atoms with Crippen LogP contribution in [0.25, 0.3) is 0 Å². The minimum Gasteiger partial charge on any atom is -0.374 e. The lowest BCUT2D eigenvalue weighted by Gasteiger charge is -2.36. The molecule has 0 spiro atoms. The number of alkyl halides is 3. The molecule has 11 heteroatoms. The summed E-state index contributed by atoms with van der Waals surface area (Å²) in [6.45, 7) is 5.14. The molecule has 2 rings (SSSR count). The van der Waals surface area contributed by atoms with E-state index in [9.17, 15) is 27.9 Å². The highest BCUT2D eigenvalue weighted by molar-refractivity contribution is 5.79. The summed E-state index contributed by atoms with van der Waals surface area (Å²) in [5, 5.41) is 13.2. The fourth-order valence-electron chi connectivity index (χ4n) is 3.18. The van der Waals surface area contributed by atoms with E-state index in [2.05, 4.69) is 10.3 Å².